The molecule has 1 aromatic carbocycles. The molecule has 0 saturated heterocycles. The second kappa shape index (κ2) is 5.63. The molecule has 1 atom stereocenters. The van der Waals surface area contributed by atoms with E-state index in [0.29, 0.717) is 5.82 Å². The molecule has 2 aromatic rings. The number of benzene rings is 1. The van der Waals surface area contributed by atoms with Crippen LogP contribution >= 0.6 is 27.5 Å². The summed E-state index contributed by atoms with van der Waals surface area (Å²) in [6, 6.07) is 6.28. The minimum absolute atomic E-state index is 0.0205. The smallest absolute Gasteiger partial charge is 0.224 e. The molecule has 0 bridgehead atoms. The molecular formula is C12H10BrClFN3. The fourth-order valence-corrected chi connectivity index (χ4v) is 1.93. The van der Waals surface area contributed by atoms with Gasteiger partial charge in [0.2, 0.25) is 5.28 Å². The molecule has 0 amide bonds. The summed E-state index contributed by atoms with van der Waals surface area (Å²) >= 11 is 9.07. The van der Waals surface area contributed by atoms with Crippen LogP contribution in [0, 0.1) is 5.82 Å². The highest BCUT2D eigenvalue weighted by Gasteiger charge is 2.09. The lowest BCUT2D eigenvalue weighted by Gasteiger charge is -2.15. The van der Waals surface area contributed by atoms with Gasteiger partial charge in [0.05, 0.1) is 4.47 Å². The summed E-state index contributed by atoms with van der Waals surface area (Å²) in [6.07, 6.45) is 1.58. The Bertz CT molecular complexity index is 548. The van der Waals surface area contributed by atoms with E-state index in [1.807, 2.05) is 6.92 Å². The number of anilines is 1. The monoisotopic (exact) mass is 329 g/mol. The number of aromatic nitrogens is 2. The summed E-state index contributed by atoms with van der Waals surface area (Å²) in [5.41, 5.74) is 0.957. The first-order chi connectivity index (χ1) is 8.56. The van der Waals surface area contributed by atoms with Crippen molar-refractivity contribution in [3.63, 3.8) is 0 Å². The summed E-state index contributed by atoms with van der Waals surface area (Å²) in [4.78, 5) is 7.93. The third kappa shape index (κ3) is 3.17. The SMILES string of the molecule is CC(Nc1nc(Cl)ncc1Br)c1ccc(F)cc1. The van der Waals surface area contributed by atoms with Crippen LogP contribution in [0.1, 0.15) is 18.5 Å². The lowest BCUT2D eigenvalue weighted by molar-refractivity contribution is 0.626. The van der Waals surface area contributed by atoms with E-state index < -0.39 is 0 Å². The maximum atomic E-state index is 12.8. The van der Waals surface area contributed by atoms with Crippen molar-refractivity contribution in [2.24, 2.45) is 0 Å². The molecule has 1 N–H and O–H groups in total. The Balaban J connectivity index is 2.18. The quantitative estimate of drug-likeness (QED) is 0.857. The van der Waals surface area contributed by atoms with Crippen LogP contribution in [0.2, 0.25) is 5.28 Å². The highest BCUT2D eigenvalue weighted by molar-refractivity contribution is 9.10. The zero-order chi connectivity index (χ0) is 13.1. The van der Waals surface area contributed by atoms with Crippen LogP contribution in [-0.2, 0) is 0 Å². The summed E-state index contributed by atoms with van der Waals surface area (Å²) < 4.78 is 13.6. The Morgan fingerprint density at radius 3 is 2.67 bits per heavy atom. The van der Waals surface area contributed by atoms with Crippen LogP contribution in [0.3, 0.4) is 0 Å². The van der Waals surface area contributed by atoms with E-state index in [0.717, 1.165) is 10.0 Å². The second-order valence-corrected chi connectivity index (χ2v) is 4.95. The van der Waals surface area contributed by atoms with Crippen LogP contribution in [0.5, 0.6) is 0 Å². The van der Waals surface area contributed by atoms with Crippen LogP contribution in [0.15, 0.2) is 34.9 Å². The van der Waals surface area contributed by atoms with E-state index in [4.69, 9.17) is 11.6 Å². The Hall–Kier alpha value is -1.20. The molecule has 94 valence electrons. The fourth-order valence-electron chi connectivity index (χ4n) is 1.49. The van der Waals surface area contributed by atoms with Crippen molar-refractivity contribution in [1.29, 1.82) is 0 Å². The van der Waals surface area contributed by atoms with Gasteiger partial charge in [-0.25, -0.2) is 9.37 Å². The second-order valence-electron chi connectivity index (χ2n) is 3.75. The lowest BCUT2D eigenvalue weighted by Crippen LogP contribution is -2.09. The number of hydrogen-bond acceptors (Lipinski definition) is 3. The zero-order valence-electron chi connectivity index (χ0n) is 9.49. The number of halogens is 3. The number of hydrogen-bond donors (Lipinski definition) is 1. The Kier molecular flexibility index (Phi) is 4.14. The van der Waals surface area contributed by atoms with Gasteiger partial charge in [0.1, 0.15) is 11.6 Å². The van der Waals surface area contributed by atoms with Crippen molar-refractivity contribution >= 4 is 33.3 Å². The van der Waals surface area contributed by atoms with E-state index in [1.165, 1.54) is 12.1 Å². The molecule has 0 aliphatic heterocycles. The molecule has 0 saturated carbocycles. The average Bonchev–Trinajstić information content (AvgIpc) is 2.34. The van der Waals surface area contributed by atoms with Crippen LogP contribution in [-0.4, -0.2) is 9.97 Å². The first-order valence-corrected chi connectivity index (χ1v) is 6.43. The molecule has 0 fully saturated rings. The average molecular weight is 331 g/mol. The fraction of sp³-hybridized carbons (Fsp3) is 0.167. The minimum Gasteiger partial charge on any atom is -0.362 e. The first-order valence-electron chi connectivity index (χ1n) is 5.26. The van der Waals surface area contributed by atoms with Gasteiger partial charge in [-0.05, 0) is 52.2 Å². The number of nitrogens with zero attached hydrogens (tertiary/aromatic N) is 2. The maximum absolute atomic E-state index is 12.8. The van der Waals surface area contributed by atoms with E-state index in [2.05, 4.69) is 31.2 Å². The van der Waals surface area contributed by atoms with Crippen LogP contribution in [0.4, 0.5) is 10.2 Å². The molecule has 0 radical (unpaired) electrons. The van der Waals surface area contributed by atoms with Crippen molar-refractivity contribution in [3.8, 4) is 0 Å². The van der Waals surface area contributed by atoms with E-state index in [9.17, 15) is 4.39 Å². The molecule has 1 aromatic heterocycles. The van der Waals surface area contributed by atoms with Gasteiger partial charge >= 0.3 is 0 Å². The van der Waals surface area contributed by atoms with Gasteiger partial charge in [0, 0.05) is 12.2 Å². The summed E-state index contributed by atoms with van der Waals surface area (Å²) in [6.45, 7) is 1.95. The van der Waals surface area contributed by atoms with Gasteiger partial charge in [0.15, 0.2) is 0 Å². The first kappa shape index (κ1) is 13.2. The van der Waals surface area contributed by atoms with Gasteiger partial charge in [-0.2, -0.15) is 4.98 Å². The van der Waals surface area contributed by atoms with Gasteiger partial charge in [0.25, 0.3) is 0 Å². The summed E-state index contributed by atoms with van der Waals surface area (Å²) in [5.74, 6) is 0.351. The Morgan fingerprint density at radius 1 is 1.33 bits per heavy atom. The van der Waals surface area contributed by atoms with Gasteiger partial charge in [-0.15, -0.1) is 0 Å². The van der Waals surface area contributed by atoms with Gasteiger partial charge < -0.3 is 5.32 Å². The normalized spacial score (nSPS) is 12.2. The molecule has 3 nitrogen and oxygen atoms in total. The van der Waals surface area contributed by atoms with Crippen LogP contribution < -0.4 is 5.32 Å². The Labute approximate surface area is 118 Å². The van der Waals surface area contributed by atoms with E-state index in [1.54, 1.807) is 18.3 Å². The molecule has 6 heteroatoms. The third-order valence-corrected chi connectivity index (χ3v) is 3.20. The highest BCUT2D eigenvalue weighted by Crippen LogP contribution is 2.25. The van der Waals surface area contributed by atoms with Crippen molar-refractivity contribution < 1.29 is 4.39 Å². The highest BCUT2D eigenvalue weighted by atomic mass is 79.9. The predicted molar refractivity (Wildman–Crippen MR) is 73.2 cm³/mol. The summed E-state index contributed by atoms with van der Waals surface area (Å²) in [7, 11) is 0. The van der Waals surface area contributed by atoms with Crippen LogP contribution in [0.25, 0.3) is 0 Å². The minimum atomic E-state index is -0.253. The van der Waals surface area contributed by atoms with Crippen molar-refractivity contribution in [2.75, 3.05) is 5.32 Å². The molecule has 1 heterocycles. The van der Waals surface area contributed by atoms with Crippen molar-refractivity contribution in [1.82, 2.24) is 9.97 Å². The number of nitrogens with one attached hydrogen (secondary N) is 1. The maximum Gasteiger partial charge on any atom is 0.224 e. The van der Waals surface area contributed by atoms with E-state index in [-0.39, 0.29) is 17.1 Å². The molecule has 2 rings (SSSR count). The Morgan fingerprint density at radius 2 is 2.00 bits per heavy atom. The molecule has 0 aliphatic carbocycles. The predicted octanol–water partition coefficient (Wildman–Crippen LogP) is 4.20. The lowest BCUT2D eigenvalue weighted by atomic mass is 10.1. The molecule has 1 unspecified atom stereocenters. The van der Waals surface area contributed by atoms with Crippen molar-refractivity contribution in [3.05, 3.63) is 51.6 Å². The molecule has 18 heavy (non-hydrogen) atoms. The molecule has 0 spiro atoms. The standard InChI is InChI=1S/C12H10BrClFN3/c1-7(8-2-4-9(15)5-3-8)17-11-10(13)6-16-12(14)18-11/h2-7H,1H3,(H,16,17,18). The van der Waals surface area contributed by atoms with Gasteiger partial charge in [-0.1, -0.05) is 12.1 Å². The largest absolute Gasteiger partial charge is 0.362 e. The number of rotatable bonds is 3. The molecule has 0 aliphatic rings. The zero-order valence-corrected chi connectivity index (χ0v) is 11.8. The van der Waals surface area contributed by atoms with Crippen molar-refractivity contribution in [2.45, 2.75) is 13.0 Å². The van der Waals surface area contributed by atoms with E-state index >= 15 is 0 Å². The summed E-state index contributed by atoms with van der Waals surface area (Å²) in [5, 5.41) is 3.36. The van der Waals surface area contributed by atoms with Gasteiger partial charge in [-0.3, -0.25) is 0 Å². The topological polar surface area (TPSA) is 37.8 Å². The third-order valence-electron chi connectivity index (χ3n) is 2.44. The molecular weight excluding hydrogens is 321 g/mol.